The van der Waals surface area contributed by atoms with Gasteiger partial charge in [-0.3, -0.25) is 9.69 Å². The first-order chi connectivity index (χ1) is 12.6. The van der Waals surface area contributed by atoms with Gasteiger partial charge in [0.25, 0.3) is 5.91 Å². The Kier molecular flexibility index (Phi) is 4.81. The van der Waals surface area contributed by atoms with E-state index in [4.69, 9.17) is 4.52 Å². The largest absolute Gasteiger partial charge is 0.360 e. The molecule has 2 fully saturated rings. The van der Waals surface area contributed by atoms with Crippen molar-refractivity contribution in [2.45, 2.75) is 57.2 Å². The molecule has 1 aromatic heterocycles. The molecule has 4 rings (SSSR count). The summed E-state index contributed by atoms with van der Waals surface area (Å²) >= 11 is 0. The number of aromatic nitrogens is 1. The Morgan fingerprint density at radius 2 is 2.04 bits per heavy atom. The van der Waals surface area contributed by atoms with E-state index in [-0.39, 0.29) is 11.9 Å². The molecule has 2 heterocycles. The van der Waals surface area contributed by atoms with E-state index in [0.29, 0.717) is 17.7 Å². The Morgan fingerprint density at radius 1 is 1.27 bits per heavy atom. The van der Waals surface area contributed by atoms with Gasteiger partial charge in [0.1, 0.15) is 5.76 Å². The summed E-state index contributed by atoms with van der Waals surface area (Å²) in [5, 5.41) is 4.01. The molecular formula is C21H27N3O2. The Morgan fingerprint density at radius 3 is 2.73 bits per heavy atom. The zero-order chi connectivity index (χ0) is 18.1. The number of nitrogens with zero attached hydrogens (tertiary/aromatic N) is 3. The first kappa shape index (κ1) is 17.3. The summed E-state index contributed by atoms with van der Waals surface area (Å²) in [5.74, 6) is 1.33. The zero-order valence-electron chi connectivity index (χ0n) is 15.6. The Bertz CT molecular complexity index is 754. The highest BCUT2D eigenvalue weighted by molar-refractivity contribution is 5.92. The molecule has 0 N–H and O–H groups in total. The van der Waals surface area contributed by atoms with Crippen molar-refractivity contribution in [1.82, 2.24) is 15.0 Å². The van der Waals surface area contributed by atoms with Crippen LogP contribution in [0.15, 0.2) is 40.9 Å². The fraction of sp³-hybridized carbons (Fsp3) is 0.524. The van der Waals surface area contributed by atoms with Crippen LogP contribution in [0.2, 0.25) is 0 Å². The summed E-state index contributed by atoms with van der Waals surface area (Å²) in [4.78, 5) is 17.1. The molecule has 5 nitrogen and oxygen atoms in total. The second-order valence-corrected chi connectivity index (χ2v) is 7.79. The van der Waals surface area contributed by atoms with Crippen molar-refractivity contribution in [1.29, 1.82) is 0 Å². The summed E-state index contributed by atoms with van der Waals surface area (Å²) in [6, 6.07) is 13.1. The SMILES string of the molecule is C[C@H]1C[C@H](N(C)C(=O)c2cc(C3CC3)on2)CCN1Cc1ccccc1. The van der Waals surface area contributed by atoms with Crippen LogP contribution in [0.3, 0.4) is 0 Å². The molecule has 1 aliphatic heterocycles. The normalized spacial score (nSPS) is 23.8. The van der Waals surface area contributed by atoms with Crippen molar-refractivity contribution < 1.29 is 9.32 Å². The number of benzene rings is 1. The maximum absolute atomic E-state index is 12.8. The van der Waals surface area contributed by atoms with Crippen LogP contribution in [-0.4, -0.2) is 46.5 Å². The summed E-state index contributed by atoms with van der Waals surface area (Å²) in [5.41, 5.74) is 1.80. The highest BCUT2D eigenvalue weighted by atomic mass is 16.5. The first-order valence-electron chi connectivity index (χ1n) is 9.63. The van der Waals surface area contributed by atoms with Gasteiger partial charge in [0.05, 0.1) is 0 Å². The van der Waals surface area contributed by atoms with E-state index in [1.165, 1.54) is 5.56 Å². The Hall–Kier alpha value is -2.14. The smallest absolute Gasteiger partial charge is 0.276 e. The third kappa shape index (κ3) is 3.68. The third-order valence-corrected chi connectivity index (χ3v) is 5.81. The zero-order valence-corrected chi connectivity index (χ0v) is 15.6. The average molecular weight is 353 g/mol. The predicted molar refractivity (Wildman–Crippen MR) is 99.9 cm³/mol. The van der Waals surface area contributed by atoms with Crippen molar-refractivity contribution in [3.63, 3.8) is 0 Å². The van der Waals surface area contributed by atoms with E-state index in [9.17, 15) is 4.79 Å². The number of carbonyl (C=O) groups excluding carboxylic acids is 1. The average Bonchev–Trinajstić information content (AvgIpc) is 3.40. The fourth-order valence-corrected chi connectivity index (χ4v) is 3.90. The van der Waals surface area contributed by atoms with Crippen molar-refractivity contribution in [2.75, 3.05) is 13.6 Å². The van der Waals surface area contributed by atoms with Crippen LogP contribution in [0.4, 0.5) is 0 Å². The molecule has 0 unspecified atom stereocenters. The van der Waals surface area contributed by atoms with E-state index in [0.717, 1.165) is 44.5 Å². The maximum atomic E-state index is 12.8. The lowest BCUT2D eigenvalue weighted by atomic mass is 9.96. The van der Waals surface area contributed by atoms with Crippen LogP contribution in [0.25, 0.3) is 0 Å². The van der Waals surface area contributed by atoms with Crippen molar-refractivity contribution >= 4 is 5.91 Å². The molecule has 2 aromatic rings. The third-order valence-electron chi connectivity index (χ3n) is 5.81. The second kappa shape index (κ2) is 7.23. The molecule has 1 aromatic carbocycles. The molecule has 26 heavy (non-hydrogen) atoms. The fourth-order valence-electron chi connectivity index (χ4n) is 3.90. The van der Waals surface area contributed by atoms with Gasteiger partial charge < -0.3 is 9.42 Å². The van der Waals surface area contributed by atoms with E-state index < -0.39 is 0 Å². The van der Waals surface area contributed by atoms with Gasteiger partial charge in [-0.1, -0.05) is 35.5 Å². The summed E-state index contributed by atoms with van der Waals surface area (Å²) < 4.78 is 5.35. The second-order valence-electron chi connectivity index (χ2n) is 7.79. The Balaban J connectivity index is 1.35. The van der Waals surface area contributed by atoms with Gasteiger partial charge in [-0.25, -0.2) is 0 Å². The summed E-state index contributed by atoms with van der Waals surface area (Å²) in [6.45, 7) is 4.24. The van der Waals surface area contributed by atoms with Gasteiger partial charge in [-0.05, 0) is 38.2 Å². The number of rotatable bonds is 5. The molecule has 0 radical (unpaired) electrons. The number of likely N-dealkylation sites (tertiary alicyclic amines) is 1. The molecule has 5 heteroatoms. The van der Waals surface area contributed by atoms with Crippen LogP contribution < -0.4 is 0 Å². The minimum atomic E-state index is -0.0191. The minimum absolute atomic E-state index is 0.0191. The van der Waals surface area contributed by atoms with Crippen LogP contribution in [0.1, 0.15) is 60.3 Å². The lowest BCUT2D eigenvalue weighted by Gasteiger charge is -2.41. The predicted octanol–water partition coefficient (Wildman–Crippen LogP) is 3.68. The number of hydrogen-bond acceptors (Lipinski definition) is 4. The highest BCUT2D eigenvalue weighted by Gasteiger charge is 2.33. The molecule has 2 atom stereocenters. The number of hydrogen-bond donors (Lipinski definition) is 0. The van der Waals surface area contributed by atoms with Gasteiger partial charge in [-0.15, -0.1) is 0 Å². The van der Waals surface area contributed by atoms with Gasteiger partial charge in [0.15, 0.2) is 5.69 Å². The lowest BCUT2D eigenvalue weighted by molar-refractivity contribution is 0.0530. The van der Waals surface area contributed by atoms with Gasteiger partial charge in [0, 0.05) is 44.2 Å². The molecule has 1 aliphatic carbocycles. The summed E-state index contributed by atoms with van der Waals surface area (Å²) in [7, 11) is 1.90. The van der Waals surface area contributed by atoms with Crippen LogP contribution >= 0.6 is 0 Å². The molecule has 1 saturated carbocycles. The number of piperidine rings is 1. The number of carbonyl (C=O) groups is 1. The standard InChI is InChI=1S/C21H27N3O2/c1-15-12-18(10-11-24(15)14-16-6-4-3-5-7-16)23(2)21(25)19-13-20(26-22-19)17-8-9-17/h3-7,13,15,17-18H,8-12,14H2,1-2H3/t15-,18+/m0/s1. The van der Waals surface area contributed by atoms with Crippen LogP contribution in [0.5, 0.6) is 0 Å². The topological polar surface area (TPSA) is 49.6 Å². The van der Waals surface area contributed by atoms with E-state index in [1.807, 2.05) is 18.0 Å². The van der Waals surface area contributed by atoms with E-state index in [2.05, 4.69) is 47.3 Å². The molecule has 2 aliphatic rings. The van der Waals surface area contributed by atoms with Crippen molar-refractivity contribution in [3.8, 4) is 0 Å². The molecule has 1 amide bonds. The lowest BCUT2D eigenvalue weighted by Crippen LogP contribution is -2.49. The molecule has 0 spiro atoms. The molecular weight excluding hydrogens is 326 g/mol. The quantitative estimate of drug-likeness (QED) is 0.823. The van der Waals surface area contributed by atoms with Gasteiger partial charge in [-0.2, -0.15) is 0 Å². The Labute approximate surface area is 155 Å². The van der Waals surface area contributed by atoms with Gasteiger partial charge >= 0.3 is 0 Å². The van der Waals surface area contributed by atoms with Crippen LogP contribution in [-0.2, 0) is 6.54 Å². The minimum Gasteiger partial charge on any atom is -0.360 e. The summed E-state index contributed by atoms with van der Waals surface area (Å²) in [6.07, 6.45) is 4.28. The van der Waals surface area contributed by atoms with Gasteiger partial charge in [0.2, 0.25) is 0 Å². The van der Waals surface area contributed by atoms with Crippen LogP contribution in [0, 0.1) is 0 Å². The van der Waals surface area contributed by atoms with Crippen molar-refractivity contribution in [3.05, 3.63) is 53.4 Å². The maximum Gasteiger partial charge on any atom is 0.276 e. The molecule has 1 saturated heterocycles. The van der Waals surface area contributed by atoms with E-state index in [1.54, 1.807) is 0 Å². The molecule has 0 bridgehead atoms. The molecule has 138 valence electrons. The van der Waals surface area contributed by atoms with Crippen molar-refractivity contribution in [2.24, 2.45) is 0 Å². The number of amides is 1. The highest BCUT2D eigenvalue weighted by Crippen LogP contribution is 2.40. The first-order valence-corrected chi connectivity index (χ1v) is 9.63. The monoisotopic (exact) mass is 353 g/mol. The van der Waals surface area contributed by atoms with E-state index >= 15 is 0 Å².